The quantitative estimate of drug-likeness (QED) is 0.882. The molecule has 0 radical (unpaired) electrons. The van der Waals surface area contributed by atoms with Crippen LogP contribution in [0, 0.1) is 5.92 Å². The molecule has 0 aromatic heterocycles. The fourth-order valence-electron chi connectivity index (χ4n) is 3.52. The molecule has 18 heavy (non-hydrogen) atoms. The van der Waals surface area contributed by atoms with E-state index in [9.17, 15) is 0 Å². The maximum Gasteiger partial charge on any atom is 0.0394 e. The second-order valence-electron chi connectivity index (χ2n) is 5.75. The molecule has 1 saturated heterocycles. The molecular formula is C16H24N2. The number of rotatable bonds is 4. The zero-order valence-corrected chi connectivity index (χ0v) is 11.3. The van der Waals surface area contributed by atoms with Crippen molar-refractivity contribution in [2.45, 2.75) is 44.7 Å². The summed E-state index contributed by atoms with van der Waals surface area (Å²) >= 11 is 0. The van der Waals surface area contributed by atoms with E-state index in [0.717, 1.165) is 19.0 Å². The van der Waals surface area contributed by atoms with Crippen LogP contribution in [-0.4, -0.2) is 24.0 Å². The molecule has 1 heterocycles. The van der Waals surface area contributed by atoms with E-state index in [1.807, 2.05) is 0 Å². The first-order valence-corrected chi connectivity index (χ1v) is 7.38. The van der Waals surface area contributed by atoms with Gasteiger partial charge in [-0.1, -0.05) is 31.2 Å². The van der Waals surface area contributed by atoms with Crippen molar-refractivity contribution in [1.29, 1.82) is 0 Å². The largest absolute Gasteiger partial charge is 0.330 e. The zero-order valence-electron chi connectivity index (χ0n) is 11.3. The van der Waals surface area contributed by atoms with Gasteiger partial charge < -0.3 is 5.73 Å². The molecule has 1 saturated carbocycles. The summed E-state index contributed by atoms with van der Waals surface area (Å²) in [6.45, 7) is 4.33. The number of hydrogen-bond donors (Lipinski definition) is 1. The molecule has 98 valence electrons. The molecule has 2 unspecified atom stereocenters. The van der Waals surface area contributed by atoms with Gasteiger partial charge >= 0.3 is 0 Å². The van der Waals surface area contributed by atoms with E-state index in [1.165, 1.54) is 31.4 Å². The van der Waals surface area contributed by atoms with Crippen LogP contribution in [0.1, 0.15) is 43.4 Å². The van der Waals surface area contributed by atoms with Gasteiger partial charge in [0.15, 0.2) is 0 Å². The Bertz CT molecular complexity index is 411. The number of likely N-dealkylation sites (tertiary alicyclic amines) is 1. The monoisotopic (exact) mass is 244 g/mol. The lowest BCUT2D eigenvalue weighted by Gasteiger charge is -2.30. The lowest BCUT2D eigenvalue weighted by atomic mass is 9.89. The molecule has 3 rings (SSSR count). The smallest absolute Gasteiger partial charge is 0.0394 e. The standard InChI is InChI=1S/C16H24N2/c1-2-12-5-3-4-6-15(12)16-13(11-17)9-10-18(16)14-7-8-14/h3-6,13-14,16H,2,7-11,17H2,1H3. The van der Waals surface area contributed by atoms with Crippen molar-refractivity contribution in [3.05, 3.63) is 35.4 Å². The van der Waals surface area contributed by atoms with Crippen molar-refractivity contribution in [1.82, 2.24) is 4.90 Å². The number of hydrogen-bond acceptors (Lipinski definition) is 2. The van der Waals surface area contributed by atoms with Crippen LogP contribution < -0.4 is 5.73 Å². The van der Waals surface area contributed by atoms with Crippen LogP contribution in [0.4, 0.5) is 0 Å². The average Bonchev–Trinajstić information content (AvgIpc) is 3.18. The molecule has 1 aromatic rings. The van der Waals surface area contributed by atoms with Gasteiger partial charge in [-0.15, -0.1) is 0 Å². The SMILES string of the molecule is CCc1ccccc1C1C(CN)CCN1C1CC1. The van der Waals surface area contributed by atoms with Crippen molar-refractivity contribution >= 4 is 0 Å². The topological polar surface area (TPSA) is 29.3 Å². The molecule has 2 nitrogen and oxygen atoms in total. The molecule has 2 N–H and O–H groups in total. The highest BCUT2D eigenvalue weighted by Crippen LogP contribution is 2.44. The summed E-state index contributed by atoms with van der Waals surface area (Å²) in [6, 6.07) is 10.4. The average molecular weight is 244 g/mol. The summed E-state index contributed by atoms with van der Waals surface area (Å²) in [7, 11) is 0. The number of nitrogens with two attached hydrogens (primary N) is 1. The van der Waals surface area contributed by atoms with Crippen LogP contribution in [-0.2, 0) is 6.42 Å². The zero-order chi connectivity index (χ0) is 12.5. The van der Waals surface area contributed by atoms with E-state index in [4.69, 9.17) is 5.73 Å². The predicted molar refractivity (Wildman–Crippen MR) is 75.5 cm³/mol. The van der Waals surface area contributed by atoms with Crippen molar-refractivity contribution < 1.29 is 0 Å². The third-order valence-corrected chi connectivity index (χ3v) is 4.64. The van der Waals surface area contributed by atoms with Gasteiger partial charge in [0.25, 0.3) is 0 Å². The van der Waals surface area contributed by atoms with Crippen molar-refractivity contribution in [3.8, 4) is 0 Å². The van der Waals surface area contributed by atoms with Crippen molar-refractivity contribution in [2.75, 3.05) is 13.1 Å². The summed E-state index contributed by atoms with van der Waals surface area (Å²) < 4.78 is 0. The van der Waals surface area contributed by atoms with Gasteiger partial charge in [0, 0.05) is 12.1 Å². The molecular weight excluding hydrogens is 220 g/mol. The van der Waals surface area contributed by atoms with E-state index in [1.54, 1.807) is 5.56 Å². The Kier molecular flexibility index (Phi) is 3.40. The molecule has 2 heteroatoms. The number of benzene rings is 1. The van der Waals surface area contributed by atoms with E-state index in [2.05, 4.69) is 36.1 Å². The Balaban J connectivity index is 1.94. The predicted octanol–water partition coefficient (Wildman–Crippen LogP) is 2.73. The third kappa shape index (κ3) is 2.08. The minimum Gasteiger partial charge on any atom is -0.330 e. The van der Waals surface area contributed by atoms with E-state index < -0.39 is 0 Å². The molecule has 0 spiro atoms. The van der Waals surface area contributed by atoms with E-state index in [-0.39, 0.29) is 0 Å². The molecule has 1 aliphatic carbocycles. The maximum atomic E-state index is 6.01. The Hall–Kier alpha value is -0.860. The van der Waals surface area contributed by atoms with Gasteiger partial charge in [0.1, 0.15) is 0 Å². The van der Waals surface area contributed by atoms with Gasteiger partial charge in [0.2, 0.25) is 0 Å². The lowest BCUT2D eigenvalue weighted by Crippen LogP contribution is -2.30. The van der Waals surface area contributed by atoms with Gasteiger partial charge in [-0.3, -0.25) is 4.90 Å². The number of aryl methyl sites for hydroxylation is 1. The molecule has 2 fully saturated rings. The van der Waals surface area contributed by atoms with Gasteiger partial charge in [-0.05, 0) is 55.8 Å². The Morgan fingerprint density at radius 3 is 2.67 bits per heavy atom. The highest BCUT2D eigenvalue weighted by Gasteiger charge is 2.42. The highest BCUT2D eigenvalue weighted by molar-refractivity contribution is 5.32. The minimum absolute atomic E-state index is 0.582. The first-order chi connectivity index (χ1) is 8.85. The van der Waals surface area contributed by atoms with Crippen LogP contribution in [0.25, 0.3) is 0 Å². The fourth-order valence-corrected chi connectivity index (χ4v) is 3.52. The van der Waals surface area contributed by atoms with Crippen LogP contribution in [0.2, 0.25) is 0 Å². The third-order valence-electron chi connectivity index (χ3n) is 4.64. The molecule has 1 aromatic carbocycles. The minimum atomic E-state index is 0.582. The molecule has 0 bridgehead atoms. The van der Waals surface area contributed by atoms with Gasteiger partial charge in [-0.2, -0.15) is 0 Å². The van der Waals surface area contributed by atoms with Crippen LogP contribution in [0.15, 0.2) is 24.3 Å². The summed E-state index contributed by atoms with van der Waals surface area (Å²) in [5.74, 6) is 0.651. The molecule has 2 aliphatic rings. The Morgan fingerprint density at radius 1 is 1.22 bits per heavy atom. The normalized spacial score (nSPS) is 28.8. The van der Waals surface area contributed by atoms with Gasteiger partial charge in [0.05, 0.1) is 0 Å². The van der Waals surface area contributed by atoms with Crippen LogP contribution >= 0.6 is 0 Å². The Morgan fingerprint density at radius 2 is 2.00 bits per heavy atom. The summed E-state index contributed by atoms with van der Waals surface area (Å²) in [5, 5.41) is 0. The molecule has 2 atom stereocenters. The first kappa shape index (κ1) is 12.2. The maximum absolute atomic E-state index is 6.01. The first-order valence-electron chi connectivity index (χ1n) is 7.38. The van der Waals surface area contributed by atoms with Gasteiger partial charge in [-0.25, -0.2) is 0 Å². The summed E-state index contributed by atoms with van der Waals surface area (Å²) in [6.07, 6.45) is 5.18. The van der Waals surface area contributed by atoms with Crippen molar-refractivity contribution in [2.24, 2.45) is 11.7 Å². The lowest BCUT2D eigenvalue weighted by molar-refractivity contribution is 0.219. The van der Waals surface area contributed by atoms with E-state index >= 15 is 0 Å². The number of nitrogens with zero attached hydrogens (tertiary/aromatic N) is 1. The van der Waals surface area contributed by atoms with Crippen molar-refractivity contribution in [3.63, 3.8) is 0 Å². The second-order valence-corrected chi connectivity index (χ2v) is 5.75. The summed E-state index contributed by atoms with van der Waals surface area (Å²) in [4.78, 5) is 2.73. The summed E-state index contributed by atoms with van der Waals surface area (Å²) in [5.41, 5.74) is 9.06. The van der Waals surface area contributed by atoms with Crippen LogP contribution in [0.5, 0.6) is 0 Å². The molecule has 1 aliphatic heterocycles. The second kappa shape index (κ2) is 5.02. The highest BCUT2D eigenvalue weighted by atomic mass is 15.2. The fraction of sp³-hybridized carbons (Fsp3) is 0.625. The van der Waals surface area contributed by atoms with E-state index in [0.29, 0.717) is 12.0 Å². The molecule has 0 amide bonds. The van der Waals surface area contributed by atoms with Crippen LogP contribution in [0.3, 0.4) is 0 Å². The Labute approximate surface area is 110 Å².